The molecule has 0 saturated heterocycles. The molecule has 0 amide bonds. The molecular formula is C11H21N. The molecule has 12 heavy (non-hydrogen) atoms. The maximum atomic E-state index is 5.70. The summed E-state index contributed by atoms with van der Waals surface area (Å²) in [5.74, 6) is 1.77. The lowest BCUT2D eigenvalue weighted by molar-refractivity contribution is 0.279. The number of hydrogen-bond acceptors (Lipinski definition) is 1. The Morgan fingerprint density at radius 1 is 1.33 bits per heavy atom. The lowest BCUT2D eigenvalue weighted by Gasteiger charge is -2.24. The fourth-order valence-electron chi connectivity index (χ4n) is 3.18. The van der Waals surface area contributed by atoms with Gasteiger partial charge >= 0.3 is 0 Å². The van der Waals surface area contributed by atoms with Crippen molar-refractivity contribution < 1.29 is 0 Å². The van der Waals surface area contributed by atoms with Gasteiger partial charge in [-0.15, -0.1) is 0 Å². The molecule has 70 valence electrons. The summed E-state index contributed by atoms with van der Waals surface area (Å²) in [7, 11) is 0. The second-order valence-corrected chi connectivity index (χ2v) is 4.95. The minimum absolute atomic E-state index is 0.781. The summed E-state index contributed by atoms with van der Waals surface area (Å²) in [4.78, 5) is 0. The van der Waals surface area contributed by atoms with Crippen molar-refractivity contribution in [3.63, 3.8) is 0 Å². The maximum Gasteiger partial charge on any atom is -0.00486 e. The fraction of sp³-hybridized carbons (Fsp3) is 1.00. The molecule has 1 spiro atoms. The van der Waals surface area contributed by atoms with E-state index in [2.05, 4.69) is 6.92 Å². The molecule has 0 aromatic heterocycles. The van der Waals surface area contributed by atoms with Gasteiger partial charge in [0, 0.05) is 0 Å². The normalized spacial score (nSPS) is 35.0. The minimum Gasteiger partial charge on any atom is -0.330 e. The van der Waals surface area contributed by atoms with E-state index in [-0.39, 0.29) is 0 Å². The number of hydrogen-bond donors (Lipinski definition) is 1. The van der Waals surface area contributed by atoms with Crippen molar-refractivity contribution in [1.29, 1.82) is 0 Å². The van der Waals surface area contributed by atoms with Gasteiger partial charge in [0.25, 0.3) is 0 Å². The predicted molar refractivity (Wildman–Crippen MR) is 51.8 cm³/mol. The van der Waals surface area contributed by atoms with Crippen molar-refractivity contribution in [3.8, 4) is 0 Å². The topological polar surface area (TPSA) is 26.0 Å². The van der Waals surface area contributed by atoms with Crippen molar-refractivity contribution in [2.75, 3.05) is 6.54 Å². The first kappa shape index (κ1) is 8.55. The van der Waals surface area contributed by atoms with Crippen LogP contribution < -0.4 is 5.73 Å². The minimum atomic E-state index is 0.781. The Kier molecular flexibility index (Phi) is 2.16. The van der Waals surface area contributed by atoms with Crippen LogP contribution in [0.5, 0.6) is 0 Å². The van der Waals surface area contributed by atoms with E-state index in [1.54, 1.807) is 0 Å². The third-order valence-electron chi connectivity index (χ3n) is 4.16. The first-order valence-electron chi connectivity index (χ1n) is 5.48. The second kappa shape index (κ2) is 3.02. The summed E-state index contributed by atoms with van der Waals surface area (Å²) in [5.41, 5.74) is 6.49. The van der Waals surface area contributed by atoms with Gasteiger partial charge in [-0.05, 0) is 43.1 Å². The molecule has 0 aromatic rings. The third kappa shape index (κ3) is 1.28. The van der Waals surface area contributed by atoms with Gasteiger partial charge in [-0.1, -0.05) is 26.2 Å². The Bertz CT molecular complexity index is 158. The highest BCUT2D eigenvalue weighted by atomic mass is 14.6. The van der Waals surface area contributed by atoms with Crippen molar-refractivity contribution in [2.45, 2.75) is 45.4 Å². The van der Waals surface area contributed by atoms with Crippen molar-refractivity contribution in [1.82, 2.24) is 0 Å². The zero-order chi connectivity index (χ0) is 8.60. The predicted octanol–water partition coefficient (Wildman–Crippen LogP) is 2.55. The Morgan fingerprint density at radius 3 is 2.58 bits per heavy atom. The van der Waals surface area contributed by atoms with Crippen LogP contribution >= 0.6 is 0 Å². The van der Waals surface area contributed by atoms with Crippen LogP contribution in [0.25, 0.3) is 0 Å². The maximum absolute atomic E-state index is 5.70. The monoisotopic (exact) mass is 167 g/mol. The summed E-state index contributed by atoms with van der Waals surface area (Å²) < 4.78 is 0. The zero-order valence-corrected chi connectivity index (χ0v) is 8.18. The summed E-state index contributed by atoms with van der Waals surface area (Å²) >= 11 is 0. The molecule has 0 aromatic carbocycles. The second-order valence-electron chi connectivity index (χ2n) is 4.95. The molecule has 2 N–H and O–H groups in total. The van der Waals surface area contributed by atoms with Gasteiger partial charge in [0.15, 0.2) is 0 Å². The van der Waals surface area contributed by atoms with Gasteiger partial charge in [0.2, 0.25) is 0 Å². The lowest BCUT2D eigenvalue weighted by atomic mass is 9.82. The van der Waals surface area contributed by atoms with Gasteiger partial charge < -0.3 is 5.73 Å². The third-order valence-corrected chi connectivity index (χ3v) is 4.16. The average molecular weight is 167 g/mol. The fourth-order valence-corrected chi connectivity index (χ4v) is 3.18. The van der Waals surface area contributed by atoms with E-state index in [9.17, 15) is 0 Å². The van der Waals surface area contributed by atoms with Crippen LogP contribution in [0, 0.1) is 17.3 Å². The molecule has 0 radical (unpaired) electrons. The molecule has 2 unspecified atom stereocenters. The summed E-state index contributed by atoms with van der Waals surface area (Å²) in [6, 6.07) is 0. The summed E-state index contributed by atoms with van der Waals surface area (Å²) in [5, 5.41) is 0. The first-order valence-corrected chi connectivity index (χ1v) is 5.48. The van der Waals surface area contributed by atoms with E-state index in [0.29, 0.717) is 0 Å². The van der Waals surface area contributed by atoms with Crippen LogP contribution in [0.2, 0.25) is 0 Å². The van der Waals surface area contributed by atoms with Crippen molar-refractivity contribution in [2.24, 2.45) is 23.0 Å². The molecule has 1 nitrogen and oxygen atoms in total. The summed E-state index contributed by atoms with van der Waals surface area (Å²) in [6.07, 6.45) is 8.93. The van der Waals surface area contributed by atoms with E-state index in [1.165, 1.54) is 38.5 Å². The Labute approximate surface area is 75.7 Å². The van der Waals surface area contributed by atoms with Gasteiger partial charge in [-0.2, -0.15) is 0 Å². The molecule has 2 saturated carbocycles. The van der Waals surface area contributed by atoms with Crippen LogP contribution in [-0.4, -0.2) is 6.54 Å². The molecular weight excluding hydrogens is 146 g/mol. The molecule has 2 fully saturated rings. The SMILES string of the molecule is CC(CN)C1CC12CCCCC2. The van der Waals surface area contributed by atoms with Gasteiger partial charge in [0.1, 0.15) is 0 Å². The number of rotatable bonds is 2. The van der Waals surface area contributed by atoms with E-state index >= 15 is 0 Å². The molecule has 2 aliphatic carbocycles. The van der Waals surface area contributed by atoms with Crippen molar-refractivity contribution in [3.05, 3.63) is 0 Å². The van der Waals surface area contributed by atoms with E-state index in [0.717, 1.165) is 23.8 Å². The van der Waals surface area contributed by atoms with Crippen LogP contribution in [0.3, 0.4) is 0 Å². The Morgan fingerprint density at radius 2 is 2.00 bits per heavy atom. The highest BCUT2D eigenvalue weighted by Gasteiger charge is 2.55. The first-order chi connectivity index (χ1) is 5.78. The largest absolute Gasteiger partial charge is 0.330 e. The Hall–Kier alpha value is -0.0400. The zero-order valence-electron chi connectivity index (χ0n) is 8.18. The standard InChI is InChI=1S/C11H21N/c1-9(8-12)10-7-11(10)5-3-2-4-6-11/h9-10H,2-8,12H2,1H3. The van der Waals surface area contributed by atoms with Crippen LogP contribution in [0.15, 0.2) is 0 Å². The van der Waals surface area contributed by atoms with Crippen molar-refractivity contribution >= 4 is 0 Å². The quantitative estimate of drug-likeness (QED) is 0.672. The van der Waals surface area contributed by atoms with Crippen LogP contribution in [0.4, 0.5) is 0 Å². The summed E-state index contributed by atoms with van der Waals surface area (Å²) in [6.45, 7) is 3.22. The molecule has 1 heteroatoms. The highest BCUT2D eigenvalue weighted by molar-refractivity contribution is 5.05. The van der Waals surface area contributed by atoms with Gasteiger partial charge in [-0.3, -0.25) is 0 Å². The van der Waals surface area contributed by atoms with Crippen LogP contribution in [-0.2, 0) is 0 Å². The van der Waals surface area contributed by atoms with E-state index < -0.39 is 0 Å². The van der Waals surface area contributed by atoms with E-state index in [1.807, 2.05) is 0 Å². The highest BCUT2D eigenvalue weighted by Crippen LogP contribution is 2.63. The van der Waals surface area contributed by atoms with E-state index in [4.69, 9.17) is 5.73 Å². The molecule has 2 rings (SSSR count). The van der Waals surface area contributed by atoms with Gasteiger partial charge in [0.05, 0.1) is 0 Å². The average Bonchev–Trinajstić information content (AvgIpc) is 2.80. The molecule has 0 heterocycles. The lowest BCUT2D eigenvalue weighted by Crippen LogP contribution is -2.18. The van der Waals surface area contributed by atoms with Gasteiger partial charge in [-0.25, -0.2) is 0 Å². The molecule has 0 aliphatic heterocycles. The molecule has 0 bridgehead atoms. The smallest absolute Gasteiger partial charge is 0.00486 e. The van der Waals surface area contributed by atoms with Crippen LogP contribution in [0.1, 0.15) is 45.4 Å². The molecule has 2 atom stereocenters. The number of nitrogens with two attached hydrogens (primary N) is 1. The Balaban J connectivity index is 1.90. The molecule has 2 aliphatic rings.